The highest BCUT2D eigenvalue weighted by Crippen LogP contribution is 2.24. The summed E-state index contributed by atoms with van der Waals surface area (Å²) in [6.07, 6.45) is -2.07. The van der Waals surface area contributed by atoms with Crippen LogP contribution in [0.5, 0.6) is 11.5 Å². The van der Waals surface area contributed by atoms with Crippen molar-refractivity contribution in [3.8, 4) is 11.5 Å². The number of hydrogen-bond donors (Lipinski definition) is 1. The molecule has 0 heterocycles. The minimum atomic E-state index is -1.62. The Morgan fingerprint density at radius 3 is 1.77 bits per heavy atom. The van der Waals surface area contributed by atoms with Gasteiger partial charge in [0.15, 0.2) is 0 Å². The van der Waals surface area contributed by atoms with Crippen LogP contribution in [-0.4, -0.2) is 17.4 Å². The fourth-order valence-electron chi connectivity index (χ4n) is 2.07. The summed E-state index contributed by atoms with van der Waals surface area (Å²) in [5.41, 5.74) is 1.38. The van der Waals surface area contributed by atoms with Crippen LogP contribution in [0.4, 0.5) is 9.59 Å². The Kier molecular flexibility index (Phi) is 4.98. The topological polar surface area (TPSA) is 95.9 Å². The molecule has 6 heteroatoms. The molecule has 0 saturated heterocycles. The molecule has 0 spiro atoms. The largest absolute Gasteiger partial charge is 0.514 e. The zero-order chi connectivity index (χ0) is 15.9. The molecule has 22 heavy (non-hydrogen) atoms. The summed E-state index contributed by atoms with van der Waals surface area (Å²) in [6.45, 7) is 0. The molecular weight excluding hydrogens is 288 g/mol. The first-order chi connectivity index (χ1) is 10.6. The van der Waals surface area contributed by atoms with Crippen molar-refractivity contribution in [3.05, 3.63) is 59.7 Å². The molecule has 0 aromatic heterocycles. The molecule has 0 aliphatic carbocycles. The molecule has 6 nitrogen and oxygen atoms in total. The van der Waals surface area contributed by atoms with Gasteiger partial charge >= 0.3 is 6.16 Å². The first-order valence-electron chi connectivity index (χ1n) is 6.51. The molecule has 0 aliphatic rings. The predicted molar refractivity (Wildman–Crippen MR) is 75.0 cm³/mol. The van der Waals surface area contributed by atoms with Crippen LogP contribution >= 0.6 is 0 Å². The fourth-order valence-corrected chi connectivity index (χ4v) is 2.07. The summed E-state index contributed by atoms with van der Waals surface area (Å²) < 4.78 is 9.32. The SMILES string of the molecule is O=C([O-])Oc1ccccc1CCc1ccccc1OC(=O)O. The molecule has 0 bridgehead atoms. The lowest BCUT2D eigenvalue weighted by Gasteiger charge is -2.14. The van der Waals surface area contributed by atoms with E-state index in [2.05, 4.69) is 4.74 Å². The molecule has 0 unspecified atom stereocenters. The lowest BCUT2D eigenvalue weighted by atomic mass is 10.0. The van der Waals surface area contributed by atoms with Crippen LogP contribution < -0.4 is 14.6 Å². The quantitative estimate of drug-likeness (QED) is 0.672. The molecule has 2 aromatic rings. The van der Waals surface area contributed by atoms with E-state index in [9.17, 15) is 14.7 Å². The number of hydrogen-bond acceptors (Lipinski definition) is 5. The van der Waals surface area contributed by atoms with Gasteiger partial charge in [-0.2, -0.15) is 0 Å². The Balaban J connectivity index is 2.14. The molecule has 0 aliphatic heterocycles. The van der Waals surface area contributed by atoms with E-state index >= 15 is 0 Å². The molecule has 0 fully saturated rings. The Morgan fingerprint density at radius 2 is 1.32 bits per heavy atom. The van der Waals surface area contributed by atoms with Gasteiger partial charge in [-0.05, 0) is 36.1 Å². The van der Waals surface area contributed by atoms with Crippen LogP contribution in [0.1, 0.15) is 11.1 Å². The summed E-state index contributed by atoms with van der Waals surface area (Å²) >= 11 is 0. The van der Waals surface area contributed by atoms with Gasteiger partial charge < -0.3 is 24.5 Å². The zero-order valence-corrected chi connectivity index (χ0v) is 11.5. The van der Waals surface area contributed by atoms with E-state index in [1.807, 2.05) is 0 Å². The van der Waals surface area contributed by atoms with Crippen LogP contribution in [0.3, 0.4) is 0 Å². The maximum atomic E-state index is 10.7. The highest BCUT2D eigenvalue weighted by Gasteiger charge is 2.08. The minimum Gasteiger partial charge on any atom is -0.514 e. The highest BCUT2D eigenvalue weighted by molar-refractivity contribution is 5.62. The van der Waals surface area contributed by atoms with Gasteiger partial charge in [0, 0.05) is 0 Å². The van der Waals surface area contributed by atoms with Crippen molar-refractivity contribution in [2.24, 2.45) is 0 Å². The second kappa shape index (κ2) is 7.12. The third kappa shape index (κ3) is 4.24. The summed E-state index contributed by atoms with van der Waals surface area (Å²) in [4.78, 5) is 21.2. The van der Waals surface area contributed by atoms with E-state index in [1.165, 1.54) is 6.07 Å². The summed E-state index contributed by atoms with van der Waals surface area (Å²) in [6, 6.07) is 13.4. The van der Waals surface area contributed by atoms with Gasteiger partial charge in [0.05, 0.1) is 5.75 Å². The van der Waals surface area contributed by atoms with E-state index in [0.29, 0.717) is 24.0 Å². The molecule has 0 saturated carbocycles. The molecule has 0 atom stereocenters. The maximum Gasteiger partial charge on any atom is 0.511 e. The Morgan fingerprint density at radius 1 is 0.864 bits per heavy atom. The molecule has 2 rings (SSSR count). The van der Waals surface area contributed by atoms with Gasteiger partial charge in [-0.1, -0.05) is 36.4 Å². The third-order valence-corrected chi connectivity index (χ3v) is 3.00. The molecule has 0 radical (unpaired) electrons. The number of carbonyl (C=O) groups is 2. The monoisotopic (exact) mass is 301 g/mol. The van der Waals surface area contributed by atoms with E-state index in [-0.39, 0.29) is 11.5 Å². The first-order valence-corrected chi connectivity index (χ1v) is 6.51. The van der Waals surface area contributed by atoms with Crippen molar-refractivity contribution >= 4 is 12.3 Å². The van der Waals surface area contributed by atoms with Gasteiger partial charge in [0.1, 0.15) is 5.75 Å². The summed E-state index contributed by atoms with van der Waals surface area (Å²) in [5, 5.41) is 19.3. The molecule has 1 N–H and O–H groups in total. The second-order valence-corrected chi connectivity index (χ2v) is 4.44. The van der Waals surface area contributed by atoms with E-state index in [1.54, 1.807) is 42.5 Å². The van der Waals surface area contributed by atoms with E-state index in [4.69, 9.17) is 9.84 Å². The molecular formula is C16H13O6-. The van der Waals surface area contributed by atoms with E-state index < -0.39 is 12.3 Å². The third-order valence-electron chi connectivity index (χ3n) is 3.00. The Bertz CT molecular complexity index is 620. The van der Waals surface area contributed by atoms with Crippen LogP contribution in [0.2, 0.25) is 0 Å². The van der Waals surface area contributed by atoms with Crippen molar-refractivity contribution in [1.82, 2.24) is 0 Å². The van der Waals surface area contributed by atoms with Gasteiger partial charge in [0.25, 0.3) is 6.16 Å². The number of aryl methyl sites for hydroxylation is 2. The van der Waals surface area contributed by atoms with Crippen molar-refractivity contribution in [2.45, 2.75) is 12.8 Å². The number of para-hydroxylation sites is 2. The fraction of sp³-hybridized carbons (Fsp3) is 0.125. The second-order valence-electron chi connectivity index (χ2n) is 4.44. The molecule has 114 valence electrons. The smallest absolute Gasteiger partial charge is 0.511 e. The average molecular weight is 301 g/mol. The number of carbonyl (C=O) groups excluding carboxylic acids is 1. The Labute approximate surface area is 126 Å². The summed E-state index contributed by atoms with van der Waals surface area (Å²) in [7, 11) is 0. The lowest BCUT2D eigenvalue weighted by molar-refractivity contribution is -0.271. The minimum absolute atomic E-state index is 0.208. The van der Waals surface area contributed by atoms with Crippen LogP contribution in [0.15, 0.2) is 48.5 Å². The van der Waals surface area contributed by atoms with Crippen molar-refractivity contribution in [1.29, 1.82) is 0 Å². The van der Waals surface area contributed by atoms with Crippen molar-refractivity contribution < 1.29 is 29.3 Å². The summed E-state index contributed by atoms with van der Waals surface area (Å²) in [5.74, 6) is 0.465. The van der Waals surface area contributed by atoms with Crippen molar-refractivity contribution in [3.63, 3.8) is 0 Å². The van der Waals surface area contributed by atoms with Crippen molar-refractivity contribution in [2.75, 3.05) is 0 Å². The van der Waals surface area contributed by atoms with Gasteiger partial charge in [-0.15, -0.1) is 0 Å². The normalized spacial score (nSPS) is 10.0. The maximum absolute atomic E-state index is 10.7. The van der Waals surface area contributed by atoms with Crippen LogP contribution in [-0.2, 0) is 12.8 Å². The standard InChI is InChI=1S/C16H14O6/c17-15(18)21-13-7-3-1-5-11(13)9-10-12-6-2-4-8-14(12)22-16(19)20/h1-8H,9-10H2,(H,17,18)(H,19,20)/p-1. The van der Waals surface area contributed by atoms with Crippen LogP contribution in [0, 0.1) is 0 Å². The molecule has 2 aromatic carbocycles. The number of ether oxygens (including phenoxy) is 2. The number of carboxylic acid groups (broad SMARTS) is 2. The lowest BCUT2D eigenvalue weighted by Crippen LogP contribution is -2.26. The average Bonchev–Trinajstić information content (AvgIpc) is 2.46. The van der Waals surface area contributed by atoms with E-state index in [0.717, 1.165) is 0 Å². The van der Waals surface area contributed by atoms with Gasteiger partial charge in [0.2, 0.25) is 0 Å². The van der Waals surface area contributed by atoms with Gasteiger partial charge in [-0.25, -0.2) is 4.79 Å². The first kappa shape index (κ1) is 15.4. The zero-order valence-electron chi connectivity index (χ0n) is 11.5. The number of rotatable bonds is 5. The predicted octanol–water partition coefficient (Wildman–Crippen LogP) is 2.25. The number of benzene rings is 2. The van der Waals surface area contributed by atoms with Gasteiger partial charge in [-0.3, -0.25) is 0 Å². The Hall–Kier alpha value is -3.02. The highest BCUT2D eigenvalue weighted by atomic mass is 16.7. The molecule has 0 amide bonds. The van der Waals surface area contributed by atoms with Crippen LogP contribution in [0.25, 0.3) is 0 Å².